The number of benzene rings is 1. The van der Waals surface area contributed by atoms with E-state index in [1.165, 1.54) is 7.11 Å². The van der Waals surface area contributed by atoms with Crippen LogP contribution in [-0.2, 0) is 4.79 Å². The first-order valence-corrected chi connectivity index (χ1v) is 6.15. The van der Waals surface area contributed by atoms with E-state index in [2.05, 4.69) is 0 Å². The van der Waals surface area contributed by atoms with Crippen molar-refractivity contribution in [2.24, 2.45) is 5.92 Å². The van der Waals surface area contributed by atoms with Gasteiger partial charge in [0.1, 0.15) is 5.75 Å². The fourth-order valence-electron chi connectivity index (χ4n) is 1.66. The first kappa shape index (κ1) is 14.4. The highest BCUT2D eigenvalue weighted by Crippen LogP contribution is 2.25. The van der Waals surface area contributed by atoms with Gasteiger partial charge in [-0.25, -0.2) is 0 Å². The van der Waals surface area contributed by atoms with Crippen molar-refractivity contribution in [3.05, 3.63) is 29.3 Å². The minimum atomic E-state index is -0.468. The Morgan fingerprint density at radius 1 is 1.11 bits per heavy atom. The molecule has 0 N–H and O–H groups in total. The van der Waals surface area contributed by atoms with Crippen molar-refractivity contribution in [1.82, 2.24) is 0 Å². The summed E-state index contributed by atoms with van der Waals surface area (Å²) in [4.78, 5) is 23.9. The molecule has 0 amide bonds. The maximum atomic E-state index is 12.1. The van der Waals surface area contributed by atoms with Crippen LogP contribution in [0, 0.1) is 5.92 Å². The van der Waals surface area contributed by atoms with Gasteiger partial charge in [-0.15, -0.1) is 0 Å². The van der Waals surface area contributed by atoms with Crippen molar-refractivity contribution in [3.8, 4) is 5.75 Å². The molecule has 1 rings (SSSR count). The second-order valence-corrected chi connectivity index (χ2v) is 4.96. The molecular formula is C15H20O3. The van der Waals surface area contributed by atoms with Crippen LogP contribution in [-0.4, -0.2) is 18.7 Å². The minimum Gasteiger partial charge on any atom is -0.496 e. The lowest BCUT2D eigenvalue weighted by atomic mass is 9.94. The molecular weight excluding hydrogens is 228 g/mol. The Kier molecular flexibility index (Phi) is 4.65. The van der Waals surface area contributed by atoms with E-state index in [9.17, 15) is 9.59 Å². The molecule has 1 aromatic rings. The summed E-state index contributed by atoms with van der Waals surface area (Å²) in [5.41, 5.74) is 1.39. The third-order valence-corrected chi connectivity index (χ3v) is 2.88. The fraction of sp³-hybridized carbons (Fsp3) is 0.467. The second-order valence-electron chi connectivity index (χ2n) is 4.96. The van der Waals surface area contributed by atoms with Gasteiger partial charge < -0.3 is 4.74 Å². The van der Waals surface area contributed by atoms with Crippen molar-refractivity contribution in [1.29, 1.82) is 0 Å². The van der Waals surface area contributed by atoms with E-state index >= 15 is 0 Å². The van der Waals surface area contributed by atoms with E-state index in [0.717, 1.165) is 5.56 Å². The molecule has 0 aliphatic heterocycles. The summed E-state index contributed by atoms with van der Waals surface area (Å²) in [7, 11) is 1.50. The molecule has 0 aliphatic rings. The topological polar surface area (TPSA) is 43.4 Å². The third-order valence-electron chi connectivity index (χ3n) is 2.88. The normalized spacial score (nSPS) is 10.8. The van der Waals surface area contributed by atoms with Gasteiger partial charge in [-0.05, 0) is 23.6 Å². The summed E-state index contributed by atoms with van der Waals surface area (Å²) < 4.78 is 5.16. The highest BCUT2D eigenvalue weighted by Gasteiger charge is 2.23. The third kappa shape index (κ3) is 2.97. The molecule has 0 bridgehead atoms. The zero-order chi connectivity index (χ0) is 13.9. The van der Waals surface area contributed by atoms with Crippen LogP contribution in [0.25, 0.3) is 0 Å². The Labute approximate surface area is 108 Å². The van der Waals surface area contributed by atoms with Gasteiger partial charge in [0.2, 0.25) is 11.6 Å². The smallest absolute Gasteiger partial charge is 0.232 e. The van der Waals surface area contributed by atoms with Gasteiger partial charge in [0.05, 0.1) is 12.7 Å². The number of ether oxygens (including phenoxy) is 1. The number of Topliss-reactive ketones (excluding diaryl/α,β-unsaturated/α-hetero) is 2. The Bertz CT molecular complexity index is 459. The molecule has 0 spiro atoms. The lowest BCUT2D eigenvalue weighted by molar-refractivity contribution is -0.117. The summed E-state index contributed by atoms with van der Waals surface area (Å²) in [5, 5.41) is 0. The van der Waals surface area contributed by atoms with Gasteiger partial charge in [-0.3, -0.25) is 9.59 Å². The molecule has 0 heterocycles. The largest absolute Gasteiger partial charge is 0.496 e. The molecule has 0 aliphatic carbocycles. The summed E-state index contributed by atoms with van der Waals surface area (Å²) in [6.07, 6.45) is 0. The second kappa shape index (κ2) is 5.80. The molecule has 0 fully saturated rings. The number of methoxy groups -OCH3 is 1. The number of carbonyl (C=O) groups is 2. The Morgan fingerprint density at radius 2 is 1.72 bits per heavy atom. The summed E-state index contributed by atoms with van der Waals surface area (Å²) >= 11 is 0. The first-order chi connectivity index (χ1) is 8.38. The molecule has 0 saturated carbocycles. The van der Waals surface area contributed by atoms with Crippen LogP contribution in [0.2, 0.25) is 0 Å². The first-order valence-electron chi connectivity index (χ1n) is 6.15. The quantitative estimate of drug-likeness (QED) is 0.593. The molecule has 1 aromatic carbocycles. The van der Waals surface area contributed by atoms with Crippen LogP contribution < -0.4 is 4.74 Å². The van der Waals surface area contributed by atoms with Gasteiger partial charge in [0.15, 0.2) is 0 Å². The van der Waals surface area contributed by atoms with Gasteiger partial charge in [-0.1, -0.05) is 33.8 Å². The predicted octanol–water partition coefficient (Wildman–Crippen LogP) is 3.23. The van der Waals surface area contributed by atoms with Crippen molar-refractivity contribution in [2.45, 2.75) is 33.6 Å². The Hall–Kier alpha value is -1.64. The van der Waals surface area contributed by atoms with Gasteiger partial charge in [0.25, 0.3) is 0 Å². The molecule has 3 heteroatoms. The van der Waals surface area contributed by atoms with E-state index in [4.69, 9.17) is 4.74 Å². The molecule has 0 unspecified atom stereocenters. The van der Waals surface area contributed by atoms with E-state index in [0.29, 0.717) is 17.2 Å². The van der Waals surface area contributed by atoms with E-state index in [1.807, 2.05) is 19.9 Å². The summed E-state index contributed by atoms with van der Waals surface area (Å²) in [5.74, 6) is -0.390. The maximum absolute atomic E-state index is 12.1. The number of hydrogen-bond donors (Lipinski definition) is 0. The molecule has 0 aromatic heterocycles. The fourth-order valence-corrected chi connectivity index (χ4v) is 1.66. The molecule has 98 valence electrons. The van der Waals surface area contributed by atoms with Crippen LogP contribution in [0.5, 0.6) is 5.75 Å². The van der Waals surface area contributed by atoms with E-state index in [1.54, 1.807) is 26.0 Å². The van der Waals surface area contributed by atoms with E-state index in [-0.39, 0.29) is 11.7 Å². The highest BCUT2D eigenvalue weighted by atomic mass is 16.5. The SMILES string of the molecule is COc1ccc(C(C)C)cc1C(=O)C(=O)C(C)C. The summed E-state index contributed by atoms with van der Waals surface area (Å²) in [6, 6.07) is 5.42. The lowest BCUT2D eigenvalue weighted by Crippen LogP contribution is -2.20. The monoisotopic (exact) mass is 248 g/mol. The van der Waals surface area contributed by atoms with Crippen molar-refractivity contribution in [3.63, 3.8) is 0 Å². The molecule has 0 saturated heterocycles. The van der Waals surface area contributed by atoms with Crippen molar-refractivity contribution in [2.75, 3.05) is 7.11 Å². The maximum Gasteiger partial charge on any atom is 0.232 e. The van der Waals surface area contributed by atoms with Crippen LogP contribution in [0.1, 0.15) is 49.5 Å². The van der Waals surface area contributed by atoms with Crippen LogP contribution in [0.15, 0.2) is 18.2 Å². The van der Waals surface area contributed by atoms with Gasteiger partial charge in [-0.2, -0.15) is 0 Å². The van der Waals surface area contributed by atoms with Crippen molar-refractivity contribution >= 4 is 11.6 Å². The highest BCUT2D eigenvalue weighted by molar-refractivity contribution is 6.44. The lowest BCUT2D eigenvalue weighted by Gasteiger charge is -2.12. The Morgan fingerprint density at radius 3 is 2.17 bits per heavy atom. The van der Waals surface area contributed by atoms with Crippen LogP contribution in [0.3, 0.4) is 0 Å². The van der Waals surface area contributed by atoms with Crippen LogP contribution >= 0.6 is 0 Å². The molecule has 3 nitrogen and oxygen atoms in total. The average molecular weight is 248 g/mol. The van der Waals surface area contributed by atoms with Crippen molar-refractivity contribution < 1.29 is 14.3 Å². The van der Waals surface area contributed by atoms with Gasteiger partial charge in [0, 0.05) is 5.92 Å². The predicted molar refractivity (Wildman–Crippen MR) is 71.3 cm³/mol. The van der Waals surface area contributed by atoms with Gasteiger partial charge >= 0.3 is 0 Å². The summed E-state index contributed by atoms with van der Waals surface area (Å²) in [6.45, 7) is 7.53. The number of ketones is 2. The zero-order valence-corrected chi connectivity index (χ0v) is 11.6. The molecule has 0 radical (unpaired) electrons. The van der Waals surface area contributed by atoms with E-state index < -0.39 is 5.78 Å². The number of hydrogen-bond acceptors (Lipinski definition) is 3. The molecule has 0 atom stereocenters. The molecule has 18 heavy (non-hydrogen) atoms. The van der Waals surface area contributed by atoms with Crippen LogP contribution in [0.4, 0.5) is 0 Å². The zero-order valence-electron chi connectivity index (χ0n) is 11.6. The Balaban J connectivity index is 3.24. The standard InChI is InChI=1S/C15H20O3/c1-9(2)11-6-7-13(18-5)12(8-11)15(17)14(16)10(3)4/h6-10H,1-5H3. The number of rotatable bonds is 5. The average Bonchev–Trinajstić information content (AvgIpc) is 2.35. The number of carbonyl (C=O) groups excluding carboxylic acids is 2. The minimum absolute atomic E-state index is 0.301.